The number of nitriles is 1. The predicted molar refractivity (Wildman–Crippen MR) is 212 cm³/mol. The van der Waals surface area contributed by atoms with E-state index in [4.69, 9.17) is 11.3 Å². The second kappa shape index (κ2) is 14.1. The van der Waals surface area contributed by atoms with Crippen LogP contribution < -0.4 is 4.90 Å². The lowest BCUT2D eigenvalue weighted by molar-refractivity contribution is -0.0195. The molecule has 3 fully saturated rings. The average Bonchev–Trinajstić information content (AvgIpc) is 3.06. The molecule has 1 aromatic rings. The summed E-state index contributed by atoms with van der Waals surface area (Å²) < 4.78 is 6.83. The van der Waals surface area contributed by atoms with Crippen LogP contribution in [0.3, 0.4) is 0 Å². The number of anilines is 1. The van der Waals surface area contributed by atoms with Gasteiger partial charge in [0.25, 0.3) is 5.70 Å². The molecule has 4 nitrogen and oxygen atoms in total. The smallest absolute Gasteiger partial charge is 0.269 e. The quantitative estimate of drug-likeness (QED) is 0.100. The fraction of sp³-hybridized carbons (Fsp3) is 0.628. The standard InChI is InChI=1S/C43H61N3OSi2/c1-9-10-11-16-42-17-20-43(21-18-42,22-19-42)40-28-35(39(29-44)45-2)27-36(47-40)13-12-32-25-37-33(30-48(3,4)5)14-23-46-24-15-34(31-49(6,7)8)38(26-32)41(37)46/h12-13,25-28,33-34H,9-11,14-24,30-31H2,1,3-8H3/b13-12+,39-35+. The number of hydrogen-bond acceptors (Lipinski definition) is 3. The van der Waals surface area contributed by atoms with E-state index < -0.39 is 16.1 Å². The van der Waals surface area contributed by atoms with Crippen LogP contribution in [0.25, 0.3) is 10.9 Å². The van der Waals surface area contributed by atoms with Crippen LogP contribution >= 0.6 is 0 Å². The first-order valence-corrected chi connectivity index (χ1v) is 26.9. The van der Waals surface area contributed by atoms with Crippen molar-refractivity contribution in [2.45, 2.75) is 147 Å². The molecule has 6 aliphatic rings. The topological polar surface area (TPSA) is 40.6 Å². The molecule has 0 amide bonds. The van der Waals surface area contributed by atoms with Crippen LogP contribution in [0, 0.1) is 28.7 Å². The fourth-order valence-electron chi connectivity index (χ4n) is 10.1. The fourth-order valence-corrected chi connectivity index (χ4v) is 13.9. The summed E-state index contributed by atoms with van der Waals surface area (Å²) in [6, 6.07) is 9.85. The van der Waals surface area contributed by atoms with E-state index in [2.05, 4.69) is 86.3 Å². The highest BCUT2D eigenvalue weighted by atomic mass is 28.3. The highest BCUT2D eigenvalue weighted by molar-refractivity contribution is 6.76. The van der Waals surface area contributed by atoms with E-state index in [0.29, 0.717) is 22.8 Å². The van der Waals surface area contributed by atoms with Crippen LogP contribution in [0.1, 0.15) is 112 Å². The highest BCUT2D eigenvalue weighted by Gasteiger charge is 2.51. The minimum absolute atomic E-state index is 0.0152. The molecule has 2 atom stereocenters. The van der Waals surface area contributed by atoms with Crippen LogP contribution in [-0.2, 0) is 4.74 Å². The molecule has 2 unspecified atom stereocenters. The molecule has 262 valence electrons. The van der Waals surface area contributed by atoms with Crippen molar-refractivity contribution in [1.29, 1.82) is 5.26 Å². The van der Waals surface area contributed by atoms with Crippen molar-refractivity contribution in [1.82, 2.24) is 0 Å². The van der Waals surface area contributed by atoms with Gasteiger partial charge in [-0.15, -0.1) is 0 Å². The van der Waals surface area contributed by atoms with Crippen molar-refractivity contribution in [2.75, 3.05) is 18.0 Å². The Labute approximate surface area is 300 Å². The van der Waals surface area contributed by atoms with Crippen molar-refractivity contribution in [2.24, 2.45) is 10.8 Å². The van der Waals surface area contributed by atoms with Crippen molar-refractivity contribution in [3.63, 3.8) is 0 Å². The molecule has 49 heavy (non-hydrogen) atoms. The lowest BCUT2D eigenvalue weighted by atomic mass is 9.52. The van der Waals surface area contributed by atoms with Gasteiger partial charge in [-0.25, -0.2) is 10.1 Å². The van der Waals surface area contributed by atoms with E-state index in [9.17, 15) is 5.26 Å². The Morgan fingerprint density at radius 2 is 1.51 bits per heavy atom. The maximum absolute atomic E-state index is 9.91. The number of nitrogens with zero attached hydrogens (tertiary/aromatic N) is 3. The molecule has 3 aliphatic heterocycles. The van der Waals surface area contributed by atoms with Crippen LogP contribution in [-0.4, -0.2) is 29.2 Å². The Kier molecular flexibility index (Phi) is 10.3. The van der Waals surface area contributed by atoms with E-state index in [1.807, 2.05) is 12.2 Å². The molecule has 0 N–H and O–H groups in total. The minimum atomic E-state index is -1.25. The predicted octanol–water partition coefficient (Wildman–Crippen LogP) is 12.6. The van der Waals surface area contributed by atoms with Gasteiger partial charge in [-0.3, -0.25) is 0 Å². The van der Waals surface area contributed by atoms with Gasteiger partial charge in [0.05, 0.1) is 12.6 Å². The van der Waals surface area contributed by atoms with Crippen LogP contribution in [0.2, 0.25) is 51.4 Å². The van der Waals surface area contributed by atoms with Crippen molar-refractivity contribution in [3.8, 4) is 6.07 Å². The first kappa shape index (κ1) is 36.0. The van der Waals surface area contributed by atoms with Gasteiger partial charge in [0, 0.05) is 40.3 Å². The molecule has 0 spiro atoms. The summed E-state index contributed by atoms with van der Waals surface area (Å²) in [5.41, 5.74) is 7.39. The average molecular weight is 692 g/mol. The Morgan fingerprint density at radius 1 is 0.918 bits per heavy atom. The van der Waals surface area contributed by atoms with Crippen LogP contribution in [0.4, 0.5) is 5.69 Å². The molecule has 0 saturated heterocycles. The van der Waals surface area contributed by atoms with E-state index >= 15 is 0 Å². The molecule has 2 bridgehead atoms. The van der Waals surface area contributed by atoms with Crippen molar-refractivity contribution in [3.05, 3.63) is 81.3 Å². The maximum atomic E-state index is 9.91. The molecular weight excluding hydrogens is 631 g/mol. The van der Waals surface area contributed by atoms with Crippen molar-refractivity contribution < 1.29 is 4.74 Å². The first-order chi connectivity index (χ1) is 23.3. The molecule has 0 radical (unpaired) electrons. The third kappa shape index (κ3) is 7.92. The normalized spacial score (nSPS) is 29.0. The zero-order valence-corrected chi connectivity index (χ0v) is 33.7. The number of allylic oxidation sites excluding steroid dienone is 6. The van der Waals surface area contributed by atoms with Gasteiger partial charge in [-0.2, -0.15) is 0 Å². The lowest BCUT2D eigenvalue weighted by Gasteiger charge is -2.54. The molecular formula is C43H61N3OSi2. The molecule has 3 saturated carbocycles. The van der Waals surface area contributed by atoms with Gasteiger partial charge in [0.1, 0.15) is 11.5 Å². The summed E-state index contributed by atoms with van der Waals surface area (Å²) in [5.74, 6) is 3.01. The number of hydrogen-bond donors (Lipinski definition) is 0. The molecule has 3 aliphatic carbocycles. The summed E-state index contributed by atoms with van der Waals surface area (Å²) in [4.78, 5) is 6.34. The van der Waals surface area contributed by atoms with Gasteiger partial charge >= 0.3 is 0 Å². The zero-order chi connectivity index (χ0) is 35.0. The van der Waals surface area contributed by atoms with Gasteiger partial charge in [-0.1, -0.05) is 83.6 Å². The van der Waals surface area contributed by atoms with E-state index in [-0.39, 0.29) is 11.1 Å². The van der Waals surface area contributed by atoms with Gasteiger partial charge < -0.3 is 9.64 Å². The lowest BCUT2D eigenvalue weighted by Crippen LogP contribution is -2.43. The van der Waals surface area contributed by atoms with Crippen molar-refractivity contribution >= 4 is 27.9 Å². The number of ether oxygens (including phenoxy) is 1. The minimum Gasteiger partial charge on any atom is -0.461 e. The van der Waals surface area contributed by atoms with Crippen LogP contribution in [0.5, 0.6) is 0 Å². The summed E-state index contributed by atoms with van der Waals surface area (Å²) in [5, 5.41) is 9.91. The highest BCUT2D eigenvalue weighted by Crippen LogP contribution is 2.62. The van der Waals surface area contributed by atoms with E-state index in [0.717, 1.165) is 30.8 Å². The second-order valence-electron chi connectivity index (χ2n) is 18.8. The first-order valence-electron chi connectivity index (χ1n) is 19.5. The number of benzene rings is 1. The summed E-state index contributed by atoms with van der Waals surface area (Å²) in [6.45, 7) is 27.6. The van der Waals surface area contributed by atoms with Gasteiger partial charge in [0.15, 0.2) is 0 Å². The summed E-state index contributed by atoms with van der Waals surface area (Å²) in [7, 11) is -2.51. The third-order valence-electron chi connectivity index (χ3n) is 12.6. The monoisotopic (exact) mass is 691 g/mol. The molecule has 6 heteroatoms. The maximum Gasteiger partial charge on any atom is 0.269 e. The molecule has 3 heterocycles. The SMILES string of the molecule is [C-]#[N+]/C(C#N)=C1C=C(/C=C/c2cc3c4c(c2)C(C[Si](C)(C)C)CCN4CCC3C[Si](C)(C)C)OC(C23CCC(CCCCC)(CC2)CC3)=C\1. The van der Waals surface area contributed by atoms with Crippen LogP contribution in [0.15, 0.2) is 53.1 Å². The second-order valence-corrected chi connectivity index (χ2v) is 29.9. The van der Waals surface area contributed by atoms with Gasteiger partial charge in [-0.05, 0) is 128 Å². The van der Waals surface area contributed by atoms with Gasteiger partial charge in [0.2, 0.25) is 0 Å². The Morgan fingerprint density at radius 3 is 2.02 bits per heavy atom. The third-order valence-corrected chi connectivity index (χ3v) is 16.0. The Hall–Kier alpha value is -2.81. The number of fused-ring (bicyclic) bond motifs is 3. The summed E-state index contributed by atoms with van der Waals surface area (Å²) in [6.07, 6.45) is 23.5. The summed E-state index contributed by atoms with van der Waals surface area (Å²) >= 11 is 0. The van der Waals surface area contributed by atoms with E-state index in [1.165, 1.54) is 88.5 Å². The van der Waals surface area contributed by atoms with E-state index in [1.54, 1.807) is 16.8 Å². The zero-order valence-electron chi connectivity index (χ0n) is 31.7. The Balaban J connectivity index is 1.33. The number of unbranched alkanes of at least 4 members (excludes halogenated alkanes) is 2. The molecule has 7 rings (SSSR count). The largest absolute Gasteiger partial charge is 0.461 e. The number of rotatable bonds is 11. The Bertz CT molecular complexity index is 1550. The molecule has 1 aromatic carbocycles. The molecule has 0 aromatic heterocycles.